The van der Waals surface area contributed by atoms with E-state index in [1.54, 1.807) is 30.9 Å². The molecule has 1 aromatic carbocycles. The smallest absolute Gasteiger partial charge is 0.144 e. The first kappa shape index (κ1) is 17.2. The fourth-order valence-electron chi connectivity index (χ4n) is 2.43. The van der Waals surface area contributed by atoms with Crippen LogP contribution in [-0.4, -0.2) is 29.6 Å². The van der Waals surface area contributed by atoms with Gasteiger partial charge in [0.1, 0.15) is 28.6 Å². The van der Waals surface area contributed by atoms with E-state index in [1.807, 2.05) is 28.8 Å². The first-order valence-electron chi connectivity index (χ1n) is 8.00. The Morgan fingerprint density at radius 1 is 1.08 bits per heavy atom. The molecule has 0 saturated carbocycles. The summed E-state index contributed by atoms with van der Waals surface area (Å²) >= 11 is 0. The van der Waals surface area contributed by atoms with Crippen molar-refractivity contribution in [3.63, 3.8) is 0 Å². The van der Waals surface area contributed by atoms with Crippen LogP contribution in [0.5, 0.6) is 5.75 Å². The van der Waals surface area contributed by atoms with Crippen LogP contribution in [0, 0.1) is 0 Å². The van der Waals surface area contributed by atoms with E-state index >= 15 is 0 Å². The number of ether oxygens (including phenoxy) is 1. The number of benzene rings is 1. The van der Waals surface area contributed by atoms with Crippen LogP contribution in [0.25, 0.3) is 17.1 Å². The van der Waals surface area contributed by atoms with Crippen LogP contribution in [0.15, 0.2) is 55.1 Å². The predicted octanol–water partition coefficient (Wildman–Crippen LogP) is 2.83. The number of hydrogen-bond acceptors (Lipinski definition) is 5. The Morgan fingerprint density at radius 2 is 1.88 bits per heavy atom. The van der Waals surface area contributed by atoms with Gasteiger partial charge < -0.3 is 4.74 Å². The summed E-state index contributed by atoms with van der Waals surface area (Å²) in [4.78, 5) is 8.56. The molecule has 0 unspecified atom stereocenters. The molecule has 0 N–H and O–H groups in total. The van der Waals surface area contributed by atoms with E-state index in [2.05, 4.69) is 16.9 Å². The van der Waals surface area contributed by atoms with E-state index in [4.69, 9.17) is 4.74 Å². The van der Waals surface area contributed by atoms with Gasteiger partial charge in [0, 0.05) is 11.8 Å². The van der Waals surface area contributed by atoms with Crippen molar-refractivity contribution in [2.75, 3.05) is 6.61 Å². The lowest BCUT2D eigenvalue weighted by Crippen LogP contribution is -1.99. The lowest BCUT2D eigenvalue weighted by Gasteiger charge is -2.09. The molecular weight excluding hydrogens is 338 g/mol. The third kappa shape index (κ3) is 4.24. The van der Waals surface area contributed by atoms with Crippen molar-refractivity contribution in [1.29, 1.82) is 0 Å². The van der Waals surface area contributed by atoms with Crippen molar-refractivity contribution in [3.05, 3.63) is 60.7 Å². The molecule has 3 rings (SSSR count). The molecule has 0 aliphatic heterocycles. The Balaban J connectivity index is 1.85. The molecule has 0 fully saturated rings. The van der Waals surface area contributed by atoms with Crippen LogP contribution in [0.1, 0.15) is 18.9 Å². The van der Waals surface area contributed by atoms with Gasteiger partial charge in [0.15, 0.2) is 0 Å². The first-order valence-corrected chi connectivity index (χ1v) is 9.36. The highest BCUT2D eigenvalue weighted by molar-refractivity contribution is 7.71. The van der Waals surface area contributed by atoms with Gasteiger partial charge in [0.2, 0.25) is 0 Å². The van der Waals surface area contributed by atoms with Crippen molar-refractivity contribution in [3.8, 4) is 22.8 Å². The topological polar surface area (TPSA) is 74.1 Å². The zero-order chi connectivity index (χ0) is 17.6. The monoisotopic (exact) mass is 357 g/mol. The van der Waals surface area contributed by atoms with E-state index in [0.717, 1.165) is 23.4 Å². The predicted molar refractivity (Wildman–Crippen MR) is 96.6 cm³/mol. The summed E-state index contributed by atoms with van der Waals surface area (Å²) in [6.07, 6.45) is 6.00. The molecule has 3 aromatic rings. The van der Waals surface area contributed by atoms with Crippen LogP contribution in [0.3, 0.4) is 0 Å². The second-order valence-corrected chi connectivity index (χ2v) is 6.52. The molecule has 130 valence electrons. The van der Waals surface area contributed by atoms with Crippen LogP contribution in [0.2, 0.25) is 0 Å². The standard InChI is InChI=1S/C18H19N3O3S/c1-2-9-24-16-6-4-15(5-7-16)17-11-19-13-21(17)18-8-3-14(10-20-18)12-25(22)23/h3-8,10-11,13,25H,2,9,12H2,1H3. The maximum Gasteiger partial charge on any atom is 0.144 e. The summed E-state index contributed by atoms with van der Waals surface area (Å²) in [5.41, 5.74) is 2.56. The highest BCUT2D eigenvalue weighted by Crippen LogP contribution is 2.24. The van der Waals surface area contributed by atoms with Crippen LogP contribution in [-0.2, 0) is 16.5 Å². The molecule has 0 amide bonds. The molecule has 25 heavy (non-hydrogen) atoms. The van der Waals surface area contributed by atoms with Gasteiger partial charge in [-0.15, -0.1) is 0 Å². The molecule has 2 heterocycles. The lowest BCUT2D eigenvalue weighted by molar-refractivity contribution is 0.317. The van der Waals surface area contributed by atoms with Crippen LogP contribution >= 0.6 is 0 Å². The average molecular weight is 357 g/mol. The largest absolute Gasteiger partial charge is 0.494 e. The van der Waals surface area contributed by atoms with Crippen molar-refractivity contribution < 1.29 is 13.2 Å². The molecule has 0 spiro atoms. The Labute approximate surface area is 148 Å². The number of aromatic nitrogens is 3. The molecule has 0 aliphatic rings. The van der Waals surface area contributed by atoms with Gasteiger partial charge in [-0.3, -0.25) is 4.57 Å². The minimum absolute atomic E-state index is 0.00137. The minimum Gasteiger partial charge on any atom is -0.494 e. The van der Waals surface area contributed by atoms with E-state index in [-0.39, 0.29) is 5.75 Å². The molecule has 2 aromatic heterocycles. The SMILES string of the molecule is CCCOc1ccc(-c2cncn2-c2ccc(C[SH](=O)=O)cn2)cc1. The normalized spacial score (nSPS) is 11.0. The maximum atomic E-state index is 10.8. The lowest BCUT2D eigenvalue weighted by atomic mass is 10.1. The van der Waals surface area contributed by atoms with Gasteiger partial charge in [0.05, 0.1) is 24.3 Å². The zero-order valence-corrected chi connectivity index (χ0v) is 14.7. The molecule has 6 nitrogen and oxygen atoms in total. The minimum atomic E-state index is -2.45. The van der Waals surface area contributed by atoms with Crippen molar-refractivity contribution >= 4 is 10.7 Å². The van der Waals surface area contributed by atoms with Crippen molar-refractivity contribution in [2.24, 2.45) is 0 Å². The third-order valence-electron chi connectivity index (χ3n) is 3.63. The number of pyridine rings is 1. The Morgan fingerprint density at radius 3 is 2.52 bits per heavy atom. The van der Waals surface area contributed by atoms with E-state index < -0.39 is 10.7 Å². The summed E-state index contributed by atoms with van der Waals surface area (Å²) < 4.78 is 29.1. The fourth-order valence-corrected chi connectivity index (χ4v) is 2.92. The van der Waals surface area contributed by atoms with Crippen molar-refractivity contribution in [1.82, 2.24) is 14.5 Å². The highest BCUT2D eigenvalue weighted by atomic mass is 32.2. The second kappa shape index (κ2) is 7.94. The summed E-state index contributed by atoms with van der Waals surface area (Å²) in [5.74, 6) is 1.52. The van der Waals surface area contributed by atoms with Gasteiger partial charge in [0.25, 0.3) is 0 Å². The second-order valence-electron chi connectivity index (χ2n) is 5.54. The summed E-state index contributed by atoms with van der Waals surface area (Å²) in [6.45, 7) is 2.77. The molecule has 7 heteroatoms. The number of imidazole rings is 1. The Kier molecular flexibility index (Phi) is 5.45. The zero-order valence-electron chi connectivity index (χ0n) is 13.8. The molecular formula is C18H19N3O3S. The number of nitrogens with zero attached hydrogens (tertiary/aromatic N) is 3. The molecule has 0 saturated heterocycles. The first-order chi connectivity index (χ1) is 12.2. The van der Waals surface area contributed by atoms with Gasteiger partial charge in [-0.25, -0.2) is 18.4 Å². The summed E-state index contributed by atoms with van der Waals surface area (Å²) in [7, 11) is -2.45. The van der Waals surface area contributed by atoms with Crippen LogP contribution < -0.4 is 4.74 Å². The Bertz CT molecular complexity index is 892. The number of rotatable bonds is 7. The quantitative estimate of drug-likeness (QED) is 0.658. The van der Waals surface area contributed by atoms with Gasteiger partial charge in [-0.1, -0.05) is 13.0 Å². The number of hydrogen-bond donors (Lipinski definition) is 1. The average Bonchev–Trinajstić information content (AvgIpc) is 3.10. The molecule has 0 aliphatic carbocycles. The van der Waals surface area contributed by atoms with Gasteiger partial charge in [-0.05, 0) is 42.3 Å². The summed E-state index contributed by atoms with van der Waals surface area (Å²) in [6, 6.07) is 11.4. The van der Waals surface area contributed by atoms with Crippen molar-refractivity contribution in [2.45, 2.75) is 19.1 Å². The van der Waals surface area contributed by atoms with E-state index in [1.165, 1.54) is 0 Å². The van der Waals surface area contributed by atoms with E-state index in [9.17, 15) is 8.42 Å². The molecule has 0 atom stereocenters. The fraction of sp³-hybridized carbons (Fsp3) is 0.222. The third-order valence-corrected chi connectivity index (χ3v) is 4.25. The highest BCUT2D eigenvalue weighted by Gasteiger charge is 2.08. The van der Waals surface area contributed by atoms with Crippen LogP contribution in [0.4, 0.5) is 0 Å². The van der Waals surface area contributed by atoms with E-state index in [0.29, 0.717) is 18.0 Å². The van der Waals surface area contributed by atoms with Gasteiger partial charge in [-0.2, -0.15) is 0 Å². The number of thiol groups is 1. The molecule has 0 radical (unpaired) electrons. The summed E-state index contributed by atoms with van der Waals surface area (Å²) in [5, 5.41) is 0. The molecule has 0 bridgehead atoms. The Hall–Kier alpha value is -2.67. The van der Waals surface area contributed by atoms with Gasteiger partial charge >= 0.3 is 0 Å². The maximum absolute atomic E-state index is 10.8.